The minimum atomic E-state index is -1.05. The third kappa shape index (κ3) is 2.68. The third-order valence-corrected chi connectivity index (χ3v) is 4.37. The normalized spacial score (nSPS) is 28.1. The van der Waals surface area contributed by atoms with Crippen molar-refractivity contribution in [3.8, 4) is 5.75 Å². The first-order chi connectivity index (χ1) is 10.3. The Kier molecular flexibility index (Phi) is 3.40. The highest BCUT2D eigenvalue weighted by atomic mass is 35.5. The fraction of sp³-hybridized carbons (Fsp3) is 0.429. The fourth-order valence-corrected chi connectivity index (χ4v) is 3.44. The lowest BCUT2D eigenvalue weighted by molar-refractivity contribution is -0.141. The molecule has 0 heterocycles. The van der Waals surface area contributed by atoms with Crippen LogP contribution in [0.1, 0.15) is 19.3 Å². The summed E-state index contributed by atoms with van der Waals surface area (Å²) in [5.74, 6) is -0.710. The standard InChI is InChI=1S/C14H14ClFN2O4/c15-9-2-1-8(3-10(9)16)22-4-11(19)17-13-5-14(6-13,7-13)18-12(20)21/h1-3,18H,4-7H2,(H,17,19)(H,20,21). The molecule has 3 aliphatic rings. The Bertz CT molecular complexity index is 632. The Morgan fingerprint density at radius 1 is 1.27 bits per heavy atom. The second-order valence-electron chi connectivity index (χ2n) is 5.93. The maximum Gasteiger partial charge on any atom is 0.405 e. The van der Waals surface area contributed by atoms with Gasteiger partial charge in [0.05, 0.1) is 10.6 Å². The van der Waals surface area contributed by atoms with Crippen molar-refractivity contribution >= 4 is 23.6 Å². The number of hydrogen-bond donors (Lipinski definition) is 3. The molecule has 0 saturated heterocycles. The average Bonchev–Trinajstić information content (AvgIpc) is 2.36. The maximum absolute atomic E-state index is 13.2. The smallest absolute Gasteiger partial charge is 0.405 e. The van der Waals surface area contributed by atoms with Gasteiger partial charge < -0.3 is 20.5 Å². The SMILES string of the molecule is O=C(O)NC12CC(NC(=O)COc3ccc(Cl)c(F)c3)(C1)C2. The lowest BCUT2D eigenvalue weighted by atomic mass is 9.44. The molecule has 22 heavy (non-hydrogen) atoms. The Labute approximate surface area is 130 Å². The zero-order valence-electron chi connectivity index (χ0n) is 11.5. The van der Waals surface area contributed by atoms with Gasteiger partial charge in [0.2, 0.25) is 0 Å². The van der Waals surface area contributed by atoms with E-state index in [4.69, 9.17) is 21.4 Å². The van der Waals surface area contributed by atoms with Crippen molar-refractivity contribution in [2.75, 3.05) is 6.61 Å². The molecule has 6 nitrogen and oxygen atoms in total. The van der Waals surface area contributed by atoms with Crippen LogP contribution in [0.15, 0.2) is 18.2 Å². The number of carbonyl (C=O) groups excluding carboxylic acids is 1. The summed E-state index contributed by atoms with van der Waals surface area (Å²) in [5, 5.41) is 14.0. The van der Waals surface area contributed by atoms with Crippen molar-refractivity contribution in [3.05, 3.63) is 29.0 Å². The molecule has 0 atom stereocenters. The summed E-state index contributed by atoms with van der Waals surface area (Å²) in [6.07, 6.45) is 0.724. The topological polar surface area (TPSA) is 87.7 Å². The summed E-state index contributed by atoms with van der Waals surface area (Å²) < 4.78 is 18.4. The minimum Gasteiger partial charge on any atom is -0.484 e. The van der Waals surface area contributed by atoms with Crippen LogP contribution in [0.4, 0.5) is 9.18 Å². The van der Waals surface area contributed by atoms with E-state index < -0.39 is 11.9 Å². The van der Waals surface area contributed by atoms with Crippen LogP contribution in [0.25, 0.3) is 0 Å². The van der Waals surface area contributed by atoms with Crippen LogP contribution in [0, 0.1) is 5.82 Å². The molecular formula is C14H14ClFN2O4. The largest absolute Gasteiger partial charge is 0.484 e. The molecule has 0 aromatic heterocycles. The van der Waals surface area contributed by atoms with Gasteiger partial charge in [-0.1, -0.05) is 11.6 Å². The fourth-order valence-electron chi connectivity index (χ4n) is 3.33. The second-order valence-corrected chi connectivity index (χ2v) is 6.34. The number of carbonyl (C=O) groups is 2. The van der Waals surface area contributed by atoms with Crippen molar-refractivity contribution in [1.82, 2.24) is 10.6 Å². The van der Waals surface area contributed by atoms with Crippen LogP contribution in [0.2, 0.25) is 5.02 Å². The zero-order valence-corrected chi connectivity index (χ0v) is 12.2. The van der Waals surface area contributed by atoms with Crippen LogP contribution >= 0.6 is 11.6 Å². The number of amides is 2. The lowest BCUT2D eigenvalue weighted by Crippen LogP contribution is -2.83. The highest BCUT2D eigenvalue weighted by molar-refractivity contribution is 6.30. The molecule has 0 spiro atoms. The number of halogens is 2. The summed E-state index contributed by atoms with van der Waals surface area (Å²) >= 11 is 5.55. The van der Waals surface area contributed by atoms with Gasteiger partial charge in [-0.25, -0.2) is 9.18 Å². The van der Waals surface area contributed by atoms with E-state index in [1.54, 1.807) is 0 Å². The van der Waals surface area contributed by atoms with Gasteiger partial charge in [-0.15, -0.1) is 0 Å². The van der Waals surface area contributed by atoms with E-state index >= 15 is 0 Å². The molecule has 4 rings (SSSR count). The highest BCUT2D eigenvalue weighted by Crippen LogP contribution is 2.60. The molecule has 8 heteroatoms. The molecule has 3 saturated carbocycles. The quantitative estimate of drug-likeness (QED) is 0.770. The van der Waals surface area contributed by atoms with Crippen LogP contribution in [0.5, 0.6) is 5.75 Å². The number of nitrogens with one attached hydrogen (secondary N) is 2. The van der Waals surface area contributed by atoms with Gasteiger partial charge in [0.15, 0.2) is 6.61 Å². The number of ether oxygens (including phenoxy) is 1. The zero-order chi connectivity index (χ0) is 16.0. The summed E-state index contributed by atoms with van der Waals surface area (Å²) in [6.45, 7) is -0.234. The minimum absolute atomic E-state index is 0.0121. The molecular weight excluding hydrogens is 315 g/mol. The first-order valence-electron chi connectivity index (χ1n) is 6.72. The van der Waals surface area contributed by atoms with Gasteiger partial charge in [0, 0.05) is 11.6 Å². The predicted molar refractivity (Wildman–Crippen MR) is 75.5 cm³/mol. The molecule has 2 amide bonds. The Morgan fingerprint density at radius 3 is 2.50 bits per heavy atom. The Balaban J connectivity index is 1.45. The van der Waals surface area contributed by atoms with Crippen LogP contribution in [0.3, 0.4) is 0 Å². The molecule has 2 bridgehead atoms. The van der Waals surface area contributed by atoms with Crippen LogP contribution in [-0.2, 0) is 4.79 Å². The van der Waals surface area contributed by atoms with E-state index in [1.807, 2.05) is 0 Å². The molecule has 0 unspecified atom stereocenters. The summed E-state index contributed by atoms with van der Waals surface area (Å²) in [4.78, 5) is 22.4. The summed E-state index contributed by atoms with van der Waals surface area (Å²) in [5.41, 5.74) is -0.701. The molecule has 3 N–H and O–H groups in total. The molecule has 3 fully saturated rings. The van der Waals surface area contributed by atoms with E-state index in [0.29, 0.717) is 19.3 Å². The Morgan fingerprint density at radius 2 is 1.91 bits per heavy atom. The lowest BCUT2D eigenvalue weighted by Gasteiger charge is -2.69. The molecule has 3 aliphatic carbocycles. The van der Waals surface area contributed by atoms with Gasteiger partial charge >= 0.3 is 6.09 Å². The Hall–Kier alpha value is -2.02. The van der Waals surface area contributed by atoms with Crippen LogP contribution < -0.4 is 15.4 Å². The maximum atomic E-state index is 13.2. The van der Waals surface area contributed by atoms with Crippen molar-refractivity contribution in [2.45, 2.75) is 30.3 Å². The van der Waals surface area contributed by atoms with Gasteiger partial charge in [-0.3, -0.25) is 4.79 Å². The van der Waals surface area contributed by atoms with E-state index in [2.05, 4.69) is 10.6 Å². The monoisotopic (exact) mass is 328 g/mol. The molecule has 118 valence electrons. The van der Waals surface area contributed by atoms with E-state index in [-0.39, 0.29) is 34.4 Å². The first-order valence-corrected chi connectivity index (χ1v) is 7.09. The predicted octanol–water partition coefficient (Wildman–Crippen LogP) is 1.92. The van der Waals surface area contributed by atoms with E-state index in [0.717, 1.165) is 6.07 Å². The van der Waals surface area contributed by atoms with E-state index in [1.165, 1.54) is 12.1 Å². The van der Waals surface area contributed by atoms with Crippen LogP contribution in [-0.4, -0.2) is 34.8 Å². The van der Waals surface area contributed by atoms with Crippen molar-refractivity contribution in [1.29, 1.82) is 0 Å². The van der Waals surface area contributed by atoms with Gasteiger partial charge in [0.25, 0.3) is 5.91 Å². The number of benzene rings is 1. The van der Waals surface area contributed by atoms with Crippen molar-refractivity contribution in [2.24, 2.45) is 0 Å². The third-order valence-electron chi connectivity index (χ3n) is 4.07. The van der Waals surface area contributed by atoms with Crippen molar-refractivity contribution in [3.63, 3.8) is 0 Å². The summed E-state index contributed by atoms with van der Waals surface area (Å²) in [7, 11) is 0. The van der Waals surface area contributed by atoms with E-state index in [9.17, 15) is 14.0 Å². The molecule has 1 aromatic carbocycles. The number of hydrogen-bond acceptors (Lipinski definition) is 3. The molecule has 0 aliphatic heterocycles. The first kappa shape index (κ1) is 14.9. The molecule has 0 radical (unpaired) electrons. The highest BCUT2D eigenvalue weighted by Gasteiger charge is 2.69. The molecule has 1 aromatic rings. The van der Waals surface area contributed by atoms with Crippen molar-refractivity contribution < 1.29 is 23.8 Å². The van der Waals surface area contributed by atoms with Gasteiger partial charge in [0.1, 0.15) is 11.6 Å². The second kappa shape index (κ2) is 5.01. The van der Waals surface area contributed by atoms with Gasteiger partial charge in [-0.05, 0) is 31.4 Å². The van der Waals surface area contributed by atoms with Gasteiger partial charge in [-0.2, -0.15) is 0 Å². The number of rotatable bonds is 5. The summed E-state index contributed by atoms with van der Waals surface area (Å²) in [6, 6.07) is 3.94. The average molecular weight is 329 g/mol. The number of carboxylic acid groups (broad SMARTS) is 1.